The molecule has 1 rings (SSSR count). The highest BCUT2D eigenvalue weighted by atomic mass is 16.7. The number of hydrogen-bond acceptors (Lipinski definition) is 3. The second-order valence-corrected chi connectivity index (χ2v) is 2.42. The van der Waals surface area contributed by atoms with Crippen molar-refractivity contribution in [3.63, 3.8) is 0 Å². The predicted octanol–water partition coefficient (Wildman–Crippen LogP) is 0.588. The first-order valence-electron chi connectivity index (χ1n) is 3.24. The van der Waals surface area contributed by atoms with Gasteiger partial charge in [0.05, 0.1) is 0 Å². The van der Waals surface area contributed by atoms with Crippen LogP contribution < -0.4 is 0 Å². The van der Waals surface area contributed by atoms with Crippen LogP contribution in [0.5, 0.6) is 0 Å². The largest absolute Gasteiger partial charge is 0.430 e. The minimum atomic E-state index is -1.18. The summed E-state index contributed by atoms with van der Waals surface area (Å²) in [7, 11) is 0. The second-order valence-electron chi connectivity index (χ2n) is 2.42. The standard InChI is InChI=1S/C7H10O3/c1-2-6(8)10-7(9)4-3-5-7/h2,9H,1,3-5H2. The Kier molecular flexibility index (Phi) is 1.76. The van der Waals surface area contributed by atoms with Crippen molar-refractivity contribution >= 4 is 5.97 Å². The van der Waals surface area contributed by atoms with Crippen molar-refractivity contribution in [3.05, 3.63) is 12.7 Å². The molecule has 0 spiro atoms. The number of rotatable bonds is 2. The van der Waals surface area contributed by atoms with E-state index in [0.717, 1.165) is 12.5 Å². The molecule has 0 aromatic rings. The molecule has 56 valence electrons. The molecule has 3 nitrogen and oxygen atoms in total. The molecule has 0 aliphatic heterocycles. The molecular formula is C7H10O3. The molecule has 1 aliphatic carbocycles. The molecule has 0 heterocycles. The van der Waals surface area contributed by atoms with E-state index in [0.29, 0.717) is 12.8 Å². The van der Waals surface area contributed by atoms with Crippen LogP contribution in [0.15, 0.2) is 12.7 Å². The lowest BCUT2D eigenvalue weighted by atomic mass is 9.91. The summed E-state index contributed by atoms with van der Waals surface area (Å²) in [5.41, 5.74) is 0. The van der Waals surface area contributed by atoms with Gasteiger partial charge in [0.25, 0.3) is 0 Å². The summed E-state index contributed by atoms with van der Waals surface area (Å²) in [6.45, 7) is 3.22. The van der Waals surface area contributed by atoms with Crippen LogP contribution in [-0.2, 0) is 9.53 Å². The number of hydrogen-bond donors (Lipinski definition) is 1. The minimum Gasteiger partial charge on any atom is -0.430 e. The Hall–Kier alpha value is -0.830. The molecule has 1 fully saturated rings. The summed E-state index contributed by atoms with van der Waals surface area (Å²) in [6, 6.07) is 0. The first kappa shape index (κ1) is 7.28. The van der Waals surface area contributed by atoms with E-state index >= 15 is 0 Å². The zero-order chi connectivity index (χ0) is 7.61. The molecule has 0 radical (unpaired) electrons. The lowest BCUT2D eigenvalue weighted by Crippen LogP contribution is -2.41. The molecule has 1 N–H and O–H groups in total. The molecule has 0 atom stereocenters. The molecule has 3 heteroatoms. The van der Waals surface area contributed by atoms with Crippen LogP contribution in [0.2, 0.25) is 0 Å². The van der Waals surface area contributed by atoms with Crippen LogP contribution in [0.1, 0.15) is 19.3 Å². The van der Waals surface area contributed by atoms with Gasteiger partial charge in [-0.1, -0.05) is 6.58 Å². The van der Waals surface area contributed by atoms with Crippen molar-refractivity contribution in [3.8, 4) is 0 Å². The SMILES string of the molecule is C=CC(=O)OC1(O)CCC1. The van der Waals surface area contributed by atoms with Gasteiger partial charge in [0, 0.05) is 18.9 Å². The summed E-state index contributed by atoms with van der Waals surface area (Å²) in [6.07, 6.45) is 3.07. The van der Waals surface area contributed by atoms with Gasteiger partial charge in [0.1, 0.15) is 0 Å². The highest BCUT2D eigenvalue weighted by molar-refractivity contribution is 5.81. The van der Waals surface area contributed by atoms with E-state index in [4.69, 9.17) is 0 Å². The predicted molar refractivity (Wildman–Crippen MR) is 35.1 cm³/mol. The monoisotopic (exact) mass is 142 g/mol. The summed E-state index contributed by atoms with van der Waals surface area (Å²) < 4.78 is 4.62. The van der Waals surface area contributed by atoms with Crippen molar-refractivity contribution in [1.82, 2.24) is 0 Å². The van der Waals surface area contributed by atoms with Crippen molar-refractivity contribution in [2.45, 2.75) is 25.0 Å². The Morgan fingerprint density at radius 2 is 2.30 bits per heavy atom. The second kappa shape index (κ2) is 2.42. The summed E-state index contributed by atoms with van der Waals surface area (Å²) in [4.78, 5) is 10.5. The molecule has 0 unspecified atom stereocenters. The van der Waals surface area contributed by atoms with Crippen molar-refractivity contribution in [1.29, 1.82) is 0 Å². The smallest absolute Gasteiger partial charge is 0.332 e. The van der Waals surface area contributed by atoms with E-state index in [1.807, 2.05) is 0 Å². The molecule has 10 heavy (non-hydrogen) atoms. The number of carbonyl (C=O) groups excluding carboxylic acids is 1. The van der Waals surface area contributed by atoms with Crippen molar-refractivity contribution < 1.29 is 14.6 Å². The quantitative estimate of drug-likeness (QED) is 0.348. The highest BCUT2D eigenvalue weighted by Crippen LogP contribution is 2.32. The Morgan fingerprint density at radius 3 is 2.60 bits per heavy atom. The number of ether oxygens (including phenoxy) is 1. The van der Waals surface area contributed by atoms with Crippen molar-refractivity contribution in [2.75, 3.05) is 0 Å². The minimum absolute atomic E-state index is 0.548. The first-order valence-corrected chi connectivity index (χ1v) is 3.24. The zero-order valence-electron chi connectivity index (χ0n) is 5.67. The van der Waals surface area contributed by atoms with E-state index < -0.39 is 11.8 Å². The van der Waals surface area contributed by atoms with Gasteiger partial charge in [0.15, 0.2) is 0 Å². The van der Waals surface area contributed by atoms with Crippen LogP contribution >= 0.6 is 0 Å². The molecular weight excluding hydrogens is 132 g/mol. The van der Waals surface area contributed by atoms with Crippen LogP contribution in [0.3, 0.4) is 0 Å². The maximum absolute atomic E-state index is 10.5. The van der Waals surface area contributed by atoms with E-state index in [-0.39, 0.29) is 0 Å². The summed E-state index contributed by atoms with van der Waals surface area (Å²) in [5, 5.41) is 9.22. The fraction of sp³-hybridized carbons (Fsp3) is 0.571. The third kappa shape index (κ3) is 1.36. The molecule has 0 aromatic heterocycles. The lowest BCUT2D eigenvalue weighted by molar-refractivity contribution is -0.235. The van der Waals surface area contributed by atoms with Gasteiger partial charge in [-0.3, -0.25) is 0 Å². The maximum atomic E-state index is 10.5. The number of aliphatic hydroxyl groups is 1. The van der Waals surface area contributed by atoms with Crippen LogP contribution in [0, 0.1) is 0 Å². The number of carbonyl (C=O) groups is 1. The van der Waals surface area contributed by atoms with Crippen LogP contribution in [0.4, 0.5) is 0 Å². The first-order chi connectivity index (χ1) is 4.66. The van der Waals surface area contributed by atoms with Gasteiger partial charge >= 0.3 is 5.97 Å². The third-order valence-electron chi connectivity index (χ3n) is 1.59. The maximum Gasteiger partial charge on any atom is 0.332 e. The molecule has 0 bridgehead atoms. The summed E-state index contributed by atoms with van der Waals surface area (Å²) >= 11 is 0. The van der Waals surface area contributed by atoms with E-state index in [2.05, 4.69) is 11.3 Å². The Labute approximate surface area is 59.3 Å². The highest BCUT2D eigenvalue weighted by Gasteiger charge is 2.37. The van der Waals surface area contributed by atoms with E-state index in [1.54, 1.807) is 0 Å². The fourth-order valence-corrected chi connectivity index (χ4v) is 0.810. The van der Waals surface area contributed by atoms with Gasteiger partial charge < -0.3 is 9.84 Å². The van der Waals surface area contributed by atoms with E-state index in [1.165, 1.54) is 0 Å². The molecule has 0 amide bonds. The van der Waals surface area contributed by atoms with Gasteiger partial charge in [-0.25, -0.2) is 4.79 Å². The van der Waals surface area contributed by atoms with Crippen molar-refractivity contribution in [2.24, 2.45) is 0 Å². The molecule has 0 saturated heterocycles. The molecule has 0 aromatic carbocycles. The normalized spacial score (nSPS) is 20.9. The topological polar surface area (TPSA) is 46.5 Å². The average molecular weight is 142 g/mol. The number of esters is 1. The fourth-order valence-electron chi connectivity index (χ4n) is 0.810. The molecule has 1 aliphatic rings. The van der Waals surface area contributed by atoms with Crippen LogP contribution in [0.25, 0.3) is 0 Å². The van der Waals surface area contributed by atoms with Gasteiger partial charge in [-0.2, -0.15) is 0 Å². The van der Waals surface area contributed by atoms with E-state index in [9.17, 15) is 9.90 Å². The lowest BCUT2D eigenvalue weighted by Gasteiger charge is -2.34. The Bertz CT molecular complexity index is 158. The Morgan fingerprint density at radius 1 is 1.70 bits per heavy atom. The average Bonchev–Trinajstić information content (AvgIpc) is 1.84. The van der Waals surface area contributed by atoms with Crippen LogP contribution in [-0.4, -0.2) is 16.9 Å². The summed E-state index contributed by atoms with van der Waals surface area (Å²) in [5.74, 6) is -1.73. The molecule has 1 saturated carbocycles. The van der Waals surface area contributed by atoms with Gasteiger partial charge in [-0.15, -0.1) is 0 Å². The zero-order valence-corrected chi connectivity index (χ0v) is 5.67. The Balaban J connectivity index is 2.36. The third-order valence-corrected chi connectivity index (χ3v) is 1.59. The van der Waals surface area contributed by atoms with Gasteiger partial charge in [0.2, 0.25) is 5.79 Å². The van der Waals surface area contributed by atoms with Gasteiger partial charge in [-0.05, 0) is 6.42 Å².